The van der Waals surface area contributed by atoms with Gasteiger partial charge in [-0.3, -0.25) is 9.10 Å². The third-order valence-electron chi connectivity index (χ3n) is 4.27. The predicted molar refractivity (Wildman–Crippen MR) is 99.7 cm³/mol. The number of carbonyl (C=O) groups is 1. The Balaban J connectivity index is 1.56. The quantitative estimate of drug-likeness (QED) is 0.639. The molecule has 1 aliphatic rings. The van der Waals surface area contributed by atoms with Gasteiger partial charge in [0.25, 0.3) is 10.0 Å². The summed E-state index contributed by atoms with van der Waals surface area (Å²) in [5.41, 5.74) is 1.28. The largest absolute Gasteiger partial charge is 0.459 e. The highest BCUT2D eigenvalue weighted by Gasteiger charge is 2.36. The molecule has 0 fully saturated rings. The summed E-state index contributed by atoms with van der Waals surface area (Å²) < 4.78 is 32.0. The van der Waals surface area contributed by atoms with Crippen molar-refractivity contribution < 1.29 is 17.9 Å². The van der Waals surface area contributed by atoms with Crippen LogP contribution in [0.15, 0.2) is 65.6 Å². The predicted octanol–water partition coefficient (Wildman–Crippen LogP) is 3.75. The fraction of sp³-hybridized carbons (Fsp3) is 0.105. The van der Waals surface area contributed by atoms with Gasteiger partial charge in [0.2, 0.25) is 0 Å². The van der Waals surface area contributed by atoms with Crippen LogP contribution < -0.4 is 4.31 Å². The van der Waals surface area contributed by atoms with Crippen molar-refractivity contribution >= 4 is 44.1 Å². The van der Waals surface area contributed by atoms with E-state index in [9.17, 15) is 13.2 Å². The van der Waals surface area contributed by atoms with E-state index in [4.69, 9.17) is 16.3 Å². The Hall–Kier alpha value is -2.57. The van der Waals surface area contributed by atoms with Crippen LogP contribution in [0.1, 0.15) is 5.56 Å². The van der Waals surface area contributed by atoms with Gasteiger partial charge in [0.1, 0.15) is 13.2 Å². The van der Waals surface area contributed by atoms with Crippen LogP contribution in [0.2, 0.25) is 5.02 Å². The number of rotatable bonds is 4. The van der Waals surface area contributed by atoms with E-state index >= 15 is 0 Å². The molecule has 0 amide bonds. The van der Waals surface area contributed by atoms with Crippen LogP contribution in [-0.2, 0) is 26.2 Å². The maximum absolute atomic E-state index is 12.8. The number of halogens is 1. The van der Waals surface area contributed by atoms with E-state index in [1.54, 1.807) is 48.5 Å². The second-order valence-electron chi connectivity index (χ2n) is 5.93. The highest BCUT2D eigenvalue weighted by atomic mass is 35.5. The van der Waals surface area contributed by atoms with Crippen LogP contribution >= 0.6 is 11.6 Å². The number of anilines is 1. The molecule has 0 saturated heterocycles. The lowest BCUT2D eigenvalue weighted by Gasteiger charge is -2.17. The number of nitrogens with zero attached hydrogens (tertiary/aromatic N) is 1. The van der Waals surface area contributed by atoms with Gasteiger partial charge in [-0.15, -0.1) is 0 Å². The molecule has 3 aromatic carbocycles. The van der Waals surface area contributed by atoms with Gasteiger partial charge in [-0.25, -0.2) is 8.42 Å². The minimum absolute atomic E-state index is 0.0566. The molecule has 0 atom stereocenters. The van der Waals surface area contributed by atoms with Crippen LogP contribution in [0.3, 0.4) is 0 Å². The minimum atomic E-state index is -3.77. The molecule has 132 valence electrons. The molecular formula is C19H14ClNO4S. The summed E-state index contributed by atoms with van der Waals surface area (Å²) in [5.74, 6) is -0.617. The van der Waals surface area contributed by atoms with Crippen molar-refractivity contribution in [1.29, 1.82) is 0 Å². The molecule has 0 saturated carbocycles. The van der Waals surface area contributed by atoms with Gasteiger partial charge in [-0.2, -0.15) is 0 Å². The number of benzene rings is 3. The Bertz CT molecular complexity index is 1100. The van der Waals surface area contributed by atoms with E-state index in [1.807, 2.05) is 12.1 Å². The molecule has 0 aliphatic carbocycles. The van der Waals surface area contributed by atoms with Gasteiger partial charge < -0.3 is 4.74 Å². The van der Waals surface area contributed by atoms with Gasteiger partial charge in [-0.05, 0) is 35.2 Å². The SMILES string of the molecule is O=C(CN1c2cccc3cccc(c23)S1(=O)=O)OCc1ccc(Cl)cc1. The zero-order valence-corrected chi connectivity index (χ0v) is 15.1. The van der Waals surface area contributed by atoms with Gasteiger partial charge in [0.15, 0.2) is 0 Å². The molecule has 1 aliphatic heterocycles. The van der Waals surface area contributed by atoms with Crippen molar-refractivity contribution in [3.63, 3.8) is 0 Å². The molecule has 0 unspecified atom stereocenters. The van der Waals surface area contributed by atoms with E-state index in [-0.39, 0.29) is 18.0 Å². The van der Waals surface area contributed by atoms with Crippen molar-refractivity contribution in [2.45, 2.75) is 11.5 Å². The number of carbonyl (C=O) groups excluding carboxylic acids is 1. The summed E-state index contributed by atoms with van der Waals surface area (Å²) in [6, 6.07) is 17.3. The molecule has 1 heterocycles. The number of sulfonamides is 1. The number of hydrogen-bond donors (Lipinski definition) is 0. The maximum Gasteiger partial charge on any atom is 0.327 e. The molecule has 0 spiro atoms. The first-order valence-electron chi connectivity index (χ1n) is 7.91. The summed E-state index contributed by atoms with van der Waals surface area (Å²) in [5, 5.41) is 2.05. The van der Waals surface area contributed by atoms with Gasteiger partial charge in [0, 0.05) is 10.4 Å². The lowest BCUT2D eigenvalue weighted by Crippen LogP contribution is -2.33. The highest BCUT2D eigenvalue weighted by Crippen LogP contribution is 2.41. The third kappa shape index (κ3) is 2.81. The summed E-state index contributed by atoms with van der Waals surface area (Å²) in [6.45, 7) is -0.315. The second kappa shape index (κ2) is 6.30. The molecular weight excluding hydrogens is 374 g/mol. The normalized spacial score (nSPS) is 14.6. The fourth-order valence-electron chi connectivity index (χ4n) is 3.04. The lowest BCUT2D eigenvalue weighted by atomic mass is 10.1. The summed E-state index contributed by atoms with van der Waals surface area (Å²) in [6.07, 6.45) is 0. The average Bonchev–Trinajstić information content (AvgIpc) is 2.85. The number of ether oxygens (including phenoxy) is 1. The van der Waals surface area contributed by atoms with E-state index < -0.39 is 16.0 Å². The summed E-state index contributed by atoms with van der Waals surface area (Å²) in [7, 11) is -3.77. The molecule has 0 aromatic heterocycles. The van der Waals surface area contributed by atoms with Gasteiger partial charge in [-0.1, -0.05) is 48.0 Å². The smallest absolute Gasteiger partial charge is 0.327 e. The first kappa shape index (κ1) is 16.9. The highest BCUT2D eigenvalue weighted by molar-refractivity contribution is 7.93. The zero-order valence-electron chi connectivity index (χ0n) is 13.6. The van der Waals surface area contributed by atoms with Crippen LogP contribution in [0.4, 0.5) is 5.69 Å². The average molecular weight is 388 g/mol. The monoisotopic (exact) mass is 387 g/mol. The summed E-state index contributed by atoms with van der Waals surface area (Å²) >= 11 is 5.82. The van der Waals surface area contributed by atoms with Crippen LogP contribution in [0.5, 0.6) is 0 Å². The van der Waals surface area contributed by atoms with Gasteiger partial charge in [0.05, 0.1) is 10.6 Å². The molecule has 5 nitrogen and oxygen atoms in total. The fourth-order valence-corrected chi connectivity index (χ4v) is 4.82. The Morgan fingerprint density at radius 1 is 1.00 bits per heavy atom. The molecule has 0 N–H and O–H groups in total. The minimum Gasteiger partial charge on any atom is -0.459 e. The number of esters is 1. The molecule has 3 aromatic rings. The van der Waals surface area contributed by atoms with Crippen LogP contribution in [0.25, 0.3) is 10.8 Å². The molecule has 4 rings (SSSR count). The van der Waals surface area contributed by atoms with Gasteiger partial charge >= 0.3 is 5.97 Å². The third-order valence-corrected chi connectivity index (χ3v) is 6.32. The molecule has 0 bridgehead atoms. The van der Waals surface area contributed by atoms with E-state index in [2.05, 4.69) is 0 Å². The Morgan fingerprint density at radius 2 is 1.69 bits per heavy atom. The Morgan fingerprint density at radius 3 is 2.42 bits per heavy atom. The standard InChI is InChI=1S/C19H14ClNO4S/c20-15-9-7-13(8-10-15)12-25-18(22)11-21-16-5-1-3-14-4-2-6-17(19(14)16)26(21,23)24/h1-10H,11-12H2. The first-order valence-corrected chi connectivity index (χ1v) is 9.73. The molecule has 7 heteroatoms. The summed E-state index contributed by atoms with van der Waals surface area (Å²) in [4.78, 5) is 12.5. The number of hydrogen-bond acceptors (Lipinski definition) is 4. The lowest BCUT2D eigenvalue weighted by molar-refractivity contribution is -0.143. The van der Waals surface area contributed by atoms with Crippen LogP contribution in [0, 0.1) is 0 Å². The van der Waals surface area contributed by atoms with E-state index in [1.165, 1.54) is 0 Å². The van der Waals surface area contributed by atoms with Crippen molar-refractivity contribution in [2.75, 3.05) is 10.8 Å². The second-order valence-corrected chi connectivity index (χ2v) is 8.20. The maximum atomic E-state index is 12.8. The Kier molecular flexibility index (Phi) is 4.09. The Labute approximate surface area is 155 Å². The van der Waals surface area contributed by atoms with E-state index in [0.29, 0.717) is 16.1 Å². The molecule has 0 radical (unpaired) electrons. The van der Waals surface area contributed by atoms with Crippen LogP contribution in [-0.4, -0.2) is 20.9 Å². The topological polar surface area (TPSA) is 63.7 Å². The first-order chi connectivity index (χ1) is 12.5. The van der Waals surface area contributed by atoms with Crippen molar-refractivity contribution in [3.05, 3.63) is 71.2 Å². The van der Waals surface area contributed by atoms with Crippen molar-refractivity contribution in [2.24, 2.45) is 0 Å². The van der Waals surface area contributed by atoms with Crippen molar-refractivity contribution in [1.82, 2.24) is 0 Å². The van der Waals surface area contributed by atoms with E-state index in [0.717, 1.165) is 15.3 Å². The molecule has 26 heavy (non-hydrogen) atoms. The van der Waals surface area contributed by atoms with Crippen molar-refractivity contribution in [3.8, 4) is 0 Å². The zero-order chi connectivity index (χ0) is 18.3.